The average molecular weight is 529 g/mol. The molecule has 0 aromatic heterocycles. The molecule has 2 N–H and O–H groups in total. The van der Waals surface area contributed by atoms with E-state index in [4.69, 9.17) is 18.9 Å². The number of fused-ring (bicyclic) bond motifs is 1. The molecule has 0 amide bonds. The monoisotopic (exact) mass is 528 g/mol. The van der Waals surface area contributed by atoms with Crippen LogP contribution in [0.15, 0.2) is 70.5 Å². The van der Waals surface area contributed by atoms with Gasteiger partial charge in [-0.25, -0.2) is 0 Å². The molecular formula is C30H40O6S. The molecular weight excluding hydrogens is 488 g/mol. The summed E-state index contributed by atoms with van der Waals surface area (Å²) < 4.78 is 23.4. The first-order chi connectivity index (χ1) is 18.1. The molecule has 2 atom stereocenters. The Balaban J connectivity index is 1.81. The van der Waals surface area contributed by atoms with Gasteiger partial charge in [-0.3, -0.25) is 0 Å². The molecule has 0 heterocycles. The van der Waals surface area contributed by atoms with Crippen molar-refractivity contribution >= 4 is 22.5 Å². The highest BCUT2D eigenvalue weighted by atomic mass is 32.2. The van der Waals surface area contributed by atoms with E-state index < -0.39 is 12.2 Å². The molecule has 0 fully saturated rings. The molecule has 7 heteroatoms. The van der Waals surface area contributed by atoms with Crippen LogP contribution in [0.2, 0.25) is 0 Å². The van der Waals surface area contributed by atoms with Crippen LogP contribution < -0.4 is 9.47 Å². The summed E-state index contributed by atoms with van der Waals surface area (Å²) in [5.41, 5.74) is 0. The minimum atomic E-state index is -0.732. The molecule has 3 rings (SSSR count). The van der Waals surface area contributed by atoms with Crippen molar-refractivity contribution in [3.63, 3.8) is 0 Å². The van der Waals surface area contributed by atoms with Gasteiger partial charge < -0.3 is 29.2 Å². The van der Waals surface area contributed by atoms with Crippen LogP contribution in [0, 0.1) is 0 Å². The summed E-state index contributed by atoms with van der Waals surface area (Å²) in [5, 5.41) is 22.6. The van der Waals surface area contributed by atoms with Crippen LogP contribution >= 0.6 is 11.8 Å². The highest BCUT2D eigenvalue weighted by Crippen LogP contribution is 2.44. The van der Waals surface area contributed by atoms with Gasteiger partial charge in [-0.05, 0) is 31.0 Å². The van der Waals surface area contributed by atoms with Gasteiger partial charge in [0.15, 0.2) is 0 Å². The first kappa shape index (κ1) is 29.3. The first-order valence-corrected chi connectivity index (χ1v) is 14.0. The van der Waals surface area contributed by atoms with E-state index in [1.807, 2.05) is 60.7 Å². The van der Waals surface area contributed by atoms with E-state index in [0.29, 0.717) is 24.7 Å². The number of aliphatic hydroxyl groups excluding tert-OH is 2. The second kappa shape index (κ2) is 16.5. The Morgan fingerprint density at radius 3 is 1.89 bits per heavy atom. The third-order valence-corrected chi connectivity index (χ3v) is 6.68. The smallest absolute Gasteiger partial charge is 0.141 e. The van der Waals surface area contributed by atoms with Crippen LogP contribution in [0.4, 0.5) is 0 Å². The summed E-state index contributed by atoms with van der Waals surface area (Å²) in [5.74, 6) is 1.35. The minimum absolute atomic E-state index is 0.118. The topological polar surface area (TPSA) is 77.4 Å². The highest BCUT2D eigenvalue weighted by molar-refractivity contribution is 7.99. The minimum Gasteiger partial charge on any atom is -0.490 e. The SMILES string of the molecule is CCCCOCC(O)COc1cc(Sc2ccccc2)c(OCC(O)COCCCC)c2ccccc12. The Hall–Kier alpha value is -2.29. The molecule has 37 heavy (non-hydrogen) atoms. The number of ether oxygens (including phenoxy) is 4. The molecule has 0 bridgehead atoms. The fourth-order valence-electron chi connectivity index (χ4n) is 3.64. The Morgan fingerprint density at radius 1 is 0.703 bits per heavy atom. The predicted molar refractivity (Wildman–Crippen MR) is 149 cm³/mol. The molecule has 0 spiro atoms. The van der Waals surface area contributed by atoms with E-state index in [1.165, 1.54) is 0 Å². The number of aliphatic hydroxyl groups is 2. The maximum absolute atomic E-state index is 10.4. The van der Waals surface area contributed by atoms with Crippen molar-refractivity contribution in [2.24, 2.45) is 0 Å². The molecule has 0 aliphatic carbocycles. The van der Waals surface area contributed by atoms with E-state index in [1.54, 1.807) is 11.8 Å². The number of unbranched alkanes of at least 4 members (excludes halogenated alkanes) is 2. The molecule has 6 nitrogen and oxygen atoms in total. The number of hydrogen-bond acceptors (Lipinski definition) is 7. The van der Waals surface area contributed by atoms with Crippen LogP contribution in [0.25, 0.3) is 10.8 Å². The van der Waals surface area contributed by atoms with Gasteiger partial charge in [0, 0.05) is 28.9 Å². The summed E-state index contributed by atoms with van der Waals surface area (Å²) in [6.45, 7) is 6.19. The van der Waals surface area contributed by atoms with Gasteiger partial charge in [0.2, 0.25) is 0 Å². The van der Waals surface area contributed by atoms with Crippen molar-refractivity contribution in [3.8, 4) is 11.5 Å². The van der Waals surface area contributed by atoms with Crippen LogP contribution in [0.3, 0.4) is 0 Å². The molecule has 2 unspecified atom stereocenters. The lowest BCUT2D eigenvalue weighted by molar-refractivity contribution is 0.0106. The molecule has 0 saturated carbocycles. The predicted octanol–water partition coefficient (Wildman–Crippen LogP) is 6.10. The van der Waals surface area contributed by atoms with Gasteiger partial charge in [0.05, 0.1) is 18.1 Å². The van der Waals surface area contributed by atoms with Crippen molar-refractivity contribution in [2.75, 3.05) is 39.6 Å². The second-order valence-corrected chi connectivity index (χ2v) is 10.1. The third kappa shape index (κ3) is 9.83. The summed E-state index contributed by atoms with van der Waals surface area (Å²) in [4.78, 5) is 1.93. The molecule has 0 radical (unpaired) electrons. The van der Waals surface area contributed by atoms with Crippen molar-refractivity contribution in [2.45, 2.75) is 61.5 Å². The van der Waals surface area contributed by atoms with E-state index in [0.717, 1.165) is 46.2 Å². The summed E-state index contributed by atoms with van der Waals surface area (Å²) >= 11 is 1.57. The quantitative estimate of drug-likeness (QED) is 0.193. The maximum atomic E-state index is 10.4. The van der Waals surface area contributed by atoms with Crippen molar-refractivity contribution in [1.82, 2.24) is 0 Å². The first-order valence-electron chi connectivity index (χ1n) is 13.2. The van der Waals surface area contributed by atoms with E-state index in [2.05, 4.69) is 13.8 Å². The molecule has 0 aliphatic heterocycles. The lowest BCUT2D eigenvalue weighted by atomic mass is 10.1. The third-order valence-electron chi connectivity index (χ3n) is 5.65. The van der Waals surface area contributed by atoms with Crippen LogP contribution in [-0.2, 0) is 9.47 Å². The second-order valence-electron chi connectivity index (χ2n) is 8.95. The summed E-state index contributed by atoms with van der Waals surface area (Å²) in [6.07, 6.45) is 2.59. The van der Waals surface area contributed by atoms with Crippen LogP contribution in [-0.4, -0.2) is 62.1 Å². The Morgan fingerprint density at radius 2 is 1.27 bits per heavy atom. The zero-order valence-electron chi connectivity index (χ0n) is 21.9. The standard InChI is InChI=1S/C30H40O6S/c1-3-5-16-33-19-23(31)21-35-28-18-29(37-25-12-8-7-9-13-25)30(27-15-11-10-14-26(27)28)36-22-24(32)20-34-17-6-4-2/h7-15,18,23-24,31-32H,3-6,16-17,19-22H2,1-2H3. The zero-order chi connectivity index (χ0) is 26.3. The fourth-order valence-corrected chi connectivity index (χ4v) is 4.62. The lowest BCUT2D eigenvalue weighted by Crippen LogP contribution is -2.24. The van der Waals surface area contributed by atoms with E-state index in [-0.39, 0.29) is 26.4 Å². The molecule has 0 aliphatic rings. The number of rotatable bonds is 18. The normalized spacial score (nSPS) is 13.0. The Kier molecular flexibility index (Phi) is 13.1. The Bertz CT molecular complexity index is 1040. The van der Waals surface area contributed by atoms with Crippen LogP contribution in [0.1, 0.15) is 39.5 Å². The van der Waals surface area contributed by atoms with Gasteiger partial charge in [-0.1, -0.05) is 80.9 Å². The van der Waals surface area contributed by atoms with Crippen molar-refractivity contribution in [1.29, 1.82) is 0 Å². The Labute approximate surface area is 224 Å². The van der Waals surface area contributed by atoms with E-state index in [9.17, 15) is 10.2 Å². The molecule has 3 aromatic rings. The summed E-state index contributed by atoms with van der Waals surface area (Å²) in [6, 6.07) is 19.9. The fraction of sp³-hybridized carbons (Fsp3) is 0.467. The van der Waals surface area contributed by atoms with Crippen molar-refractivity contribution < 1.29 is 29.2 Å². The molecule has 0 saturated heterocycles. The lowest BCUT2D eigenvalue weighted by Gasteiger charge is -2.20. The molecule has 3 aromatic carbocycles. The molecule has 202 valence electrons. The van der Waals surface area contributed by atoms with Gasteiger partial charge in [-0.15, -0.1) is 0 Å². The van der Waals surface area contributed by atoms with Gasteiger partial charge >= 0.3 is 0 Å². The summed E-state index contributed by atoms with van der Waals surface area (Å²) in [7, 11) is 0. The van der Waals surface area contributed by atoms with Crippen molar-refractivity contribution in [3.05, 3.63) is 60.7 Å². The van der Waals surface area contributed by atoms with Gasteiger partial charge in [0.25, 0.3) is 0 Å². The number of benzene rings is 3. The van der Waals surface area contributed by atoms with Gasteiger partial charge in [-0.2, -0.15) is 0 Å². The largest absolute Gasteiger partial charge is 0.490 e. The highest BCUT2D eigenvalue weighted by Gasteiger charge is 2.18. The maximum Gasteiger partial charge on any atom is 0.141 e. The van der Waals surface area contributed by atoms with Gasteiger partial charge in [0.1, 0.15) is 36.9 Å². The van der Waals surface area contributed by atoms with Crippen LogP contribution in [0.5, 0.6) is 11.5 Å². The zero-order valence-corrected chi connectivity index (χ0v) is 22.8. The number of hydrogen-bond donors (Lipinski definition) is 2. The van der Waals surface area contributed by atoms with E-state index >= 15 is 0 Å². The average Bonchev–Trinajstić information content (AvgIpc) is 2.92.